The van der Waals surface area contributed by atoms with Crippen molar-refractivity contribution in [2.75, 3.05) is 32.9 Å². The predicted molar refractivity (Wildman–Crippen MR) is 78.2 cm³/mol. The SMILES string of the molecule is CCCCOCCNCCOc1cc(F)ccc1Br. The van der Waals surface area contributed by atoms with Gasteiger partial charge in [-0.1, -0.05) is 13.3 Å². The lowest BCUT2D eigenvalue weighted by atomic mass is 10.3. The average molecular weight is 334 g/mol. The fraction of sp³-hybridized carbons (Fsp3) is 0.571. The Kier molecular flexibility index (Phi) is 8.79. The maximum atomic E-state index is 13.0. The third kappa shape index (κ3) is 7.50. The van der Waals surface area contributed by atoms with Gasteiger partial charge in [-0.3, -0.25) is 0 Å². The monoisotopic (exact) mass is 333 g/mol. The number of benzene rings is 1. The molecule has 0 fully saturated rings. The maximum absolute atomic E-state index is 13.0. The van der Waals surface area contributed by atoms with E-state index in [1.807, 2.05) is 0 Å². The highest BCUT2D eigenvalue weighted by Gasteiger charge is 2.02. The van der Waals surface area contributed by atoms with Crippen molar-refractivity contribution >= 4 is 15.9 Å². The number of hydrogen-bond donors (Lipinski definition) is 1. The molecular weight excluding hydrogens is 313 g/mol. The molecule has 0 unspecified atom stereocenters. The van der Waals surface area contributed by atoms with Crippen LogP contribution >= 0.6 is 15.9 Å². The Balaban J connectivity index is 2.03. The van der Waals surface area contributed by atoms with Crippen LogP contribution < -0.4 is 10.1 Å². The Hall–Kier alpha value is -0.650. The van der Waals surface area contributed by atoms with Gasteiger partial charge >= 0.3 is 0 Å². The van der Waals surface area contributed by atoms with Crippen LogP contribution in [0, 0.1) is 5.82 Å². The van der Waals surface area contributed by atoms with E-state index in [4.69, 9.17) is 9.47 Å². The van der Waals surface area contributed by atoms with Crippen molar-refractivity contribution in [3.8, 4) is 5.75 Å². The smallest absolute Gasteiger partial charge is 0.136 e. The first-order valence-electron chi connectivity index (χ1n) is 6.60. The van der Waals surface area contributed by atoms with Crippen LogP contribution in [0.4, 0.5) is 4.39 Å². The van der Waals surface area contributed by atoms with Gasteiger partial charge in [-0.15, -0.1) is 0 Å². The topological polar surface area (TPSA) is 30.5 Å². The van der Waals surface area contributed by atoms with Gasteiger partial charge in [-0.25, -0.2) is 4.39 Å². The zero-order valence-electron chi connectivity index (χ0n) is 11.3. The minimum absolute atomic E-state index is 0.296. The predicted octanol–water partition coefficient (Wildman–Crippen LogP) is 3.37. The van der Waals surface area contributed by atoms with E-state index in [0.29, 0.717) is 25.5 Å². The van der Waals surface area contributed by atoms with E-state index in [9.17, 15) is 4.39 Å². The van der Waals surface area contributed by atoms with Crippen LogP contribution in [0.15, 0.2) is 22.7 Å². The molecule has 0 saturated heterocycles. The Morgan fingerprint density at radius 3 is 2.79 bits per heavy atom. The van der Waals surface area contributed by atoms with Gasteiger partial charge in [0.25, 0.3) is 0 Å². The summed E-state index contributed by atoms with van der Waals surface area (Å²) in [5.41, 5.74) is 0. The highest BCUT2D eigenvalue weighted by Crippen LogP contribution is 2.25. The van der Waals surface area contributed by atoms with Crippen LogP contribution in [0.3, 0.4) is 0 Å². The molecule has 1 rings (SSSR count). The number of hydrogen-bond acceptors (Lipinski definition) is 3. The quantitative estimate of drug-likeness (QED) is 0.666. The van der Waals surface area contributed by atoms with Crippen molar-refractivity contribution in [2.45, 2.75) is 19.8 Å². The molecule has 5 heteroatoms. The summed E-state index contributed by atoms with van der Waals surface area (Å²) in [5.74, 6) is 0.233. The number of halogens is 2. The van der Waals surface area contributed by atoms with E-state index in [0.717, 1.165) is 30.5 Å². The molecule has 1 aromatic rings. The van der Waals surface area contributed by atoms with E-state index in [1.54, 1.807) is 6.07 Å². The van der Waals surface area contributed by atoms with Crippen molar-refractivity contribution in [1.82, 2.24) is 5.32 Å². The van der Waals surface area contributed by atoms with Crippen LogP contribution in [0.2, 0.25) is 0 Å². The molecule has 0 aliphatic rings. The first-order valence-corrected chi connectivity index (χ1v) is 7.39. The Labute approximate surface area is 122 Å². The zero-order chi connectivity index (χ0) is 13.9. The summed E-state index contributed by atoms with van der Waals surface area (Å²) in [4.78, 5) is 0. The second-order valence-corrected chi connectivity index (χ2v) is 4.99. The molecule has 19 heavy (non-hydrogen) atoms. The van der Waals surface area contributed by atoms with Gasteiger partial charge in [0.15, 0.2) is 0 Å². The molecule has 1 N–H and O–H groups in total. The molecule has 0 amide bonds. The van der Waals surface area contributed by atoms with Gasteiger partial charge in [0.2, 0.25) is 0 Å². The molecule has 0 aliphatic heterocycles. The average Bonchev–Trinajstić information content (AvgIpc) is 2.40. The van der Waals surface area contributed by atoms with Crippen molar-refractivity contribution in [3.05, 3.63) is 28.5 Å². The highest BCUT2D eigenvalue weighted by atomic mass is 79.9. The third-order valence-electron chi connectivity index (χ3n) is 2.50. The molecule has 0 aromatic heterocycles. The molecule has 0 saturated carbocycles. The van der Waals surface area contributed by atoms with Gasteiger partial charge < -0.3 is 14.8 Å². The minimum Gasteiger partial charge on any atom is -0.491 e. The lowest BCUT2D eigenvalue weighted by Gasteiger charge is -2.09. The minimum atomic E-state index is -0.296. The maximum Gasteiger partial charge on any atom is 0.136 e. The molecule has 0 bridgehead atoms. The van der Waals surface area contributed by atoms with Gasteiger partial charge in [-0.2, -0.15) is 0 Å². The lowest BCUT2D eigenvalue weighted by molar-refractivity contribution is 0.132. The molecule has 0 atom stereocenters. The third-order valence-corrected chi connectivity index (χ3v) is 3.15. The van der Waals surface area contributed by atoms with Crippen LogP contribution in [0.25, 0.3) is 0 Å². The summed E-state index contributed by atoms with van der Waals surface area (Å²) in [6.45, 7) is 5.69. The van der Waals surface area contributed by atoms with Crippen molar-refractivity contribution < 1.29 is 13.9 Å². The summed E-state index contributed by atoms with van der Waals surface area (Å²) in [6.07, 6.45) is 2.26. The van der Waals surface area contributed by atoms with Crippen molar-refractivity contribution in [3.63, 3.8) is 0 Å². The van der Waals surface area contributed by atoms with Crippen LogP contribution in [0.5, 0.6) is 5.75 Å². The van der Waals surface area contributed by atoms with Crippen LogP contribution in [-0.4, -0.2) is 32.9 Å². The molecule has 0 aliphatic carbocycles. The molecule has 1 aromatic carbocycles. The van der Waals surface area contributed by atoms with Crippen molar-refractivity contribution in [1.29, 1.82) is 0 Å². The second kappa shape index (κ2) is 10.2. The standard InChI is InChI=1S/C14H21BrFNO2/c1-2-3-8-18-9-6-17-7-10-19-14-11-12(16)4-5-13(14)15/h4-5,11,17H,2-3,6-10H2,1H3. The highest BCUT2D eigenvalue weighted by molar-refractivity contribution is 9.10. The summed E-state index contributed by atoms with van der Waals surface area (Å²) < 4.78 is 24.6. The lowest BCUT2D eigenvalue weighted by Crippen LogP contribution is -2.25. The van der Waals surface area contributed by atoms with E-state index in [-0.39, 0.29) is 5.82 Å². The zero-order valence-corrected chi connectivity index (χ0v) is 12.8. The fourth-order valence-corrected chi connectivity index (χ4v) is 1.80. The van der Waals surface area contributed by atoms with E-state index in [1.165, 1.54) is 12.1 Å². The summed E-state index contributed by atoms with van der Waals surface area (Å²) >= 11 is 3.32. The first-order chi connectivity index (χ1) is 9.24. The molecule has 108 valence electrons. The summed E-state index contributed by atoms with van der Waals surface area (Å²) in [7, 11) is 0. The Bertz CT molecular complexity index is 363. The first kappa shape index (κ1) is 16.4. The van der Waals surface area contributed by atoms with Gasteiger partial charge in [0.1, 0.15) is 18.2 Å². The molecular formula is C14H21BrFNO2. The number of nitrogens with one attached hydrogen (secondary N) is 1. The number of rotatable bonds is 10. The fourth-order valence-electron chi connectivity index (χ4n) is 1.44. The molecule has 0 heterocycles. The van der Waals surface area contributed by atoms with Crippen molar-refractivity contribution in [2.24, 2.45) is 0 Å². The second-order valence-electron chi connectivity index (χ2n) is 4.14. The Morgan fingerprint density at radius 2 is 2.00 bits per heavy atom. The molecule has 0 spiro atoms. The Morgan fingerprint density at radius 1 is 1.21 bits per heavy atom. The van der Waals surface area contributed by atoms with Crippen LogP contribution in [0.1, 0.15) is 19.8 Å². The molecule has 3 nitrogen and oxygen atoms in total. The normalized spacial score (nSPS) is 10.7. The van der Waals surface area contributed by atoms with E-state index >= 15 is 0 Å². The molecule has 0 radical (unpaired) electrons. The van der Waals surface area contributed by atoms with Gasteiger partial charge in [-0.05, 0) is 34.5 Å². The number of ether oxygens (including phenoxy) is 2. The van der Waals surface area contributed by atoms with Gasteiger partial charge in [0.05, 0.1) is 11.1 Å². The largest absolute Gasteiger partial charge is 0.491 e. The summed E-state index contributed by atoms with van der Waals surface area (Å²) in [6, 6.07) is 4.40. The van der Waals surface area contributed by atoms with Gasteiger partial charge in [0, 0.05) is 25.8 Å². The van der Waals surface area contributed by atoms with Crippen LogP contribution in [-0.2, 0) is 4.74 Å². The van der Waals surface area contributed by atoms with E-state index in [2.05, 4.69) is 28.2 Å². The van der Waals surface area contributed by atoms with E-state index < -0.39 is 0 Å². The number of unbranched alkanes of at least 4 members (excludes halogenated alkanes) is 1. The summed E-state index contributed by atoms with van der Waals surface area (Å²) in [5, 5.41) is 3.21.